The minimum Gasteiger partial charge on any atom is -0.489 e. The molecule has 1 atom stereocenters. The van der Waals surface area contributed by atoms with E-state index in [2.05, 4.69) is 22.0 Å². The number of benzene rings is 2. The van der Waals surface area contributed by atoms with Crippen LogP contribution in [0.25, 0.3) is 0 Å². The van der Waals surface area contributed by atoms with Gasteiger partial charge in [0, 0.05) is 10.5 Å². The van der Waals surface area contributed by atoms with Gasteiger partial charge in [0.25, 0.3) is 0 Å². The molecular formula is C17H17BrFNO. The van der Waals surface area contributed by atoms with Crippen molar-refractivity contribution in [2.24, 2.45) is 5.73 Å². The molecule has 0 saturated heterocycles. The molecule has 0 heterocycles. The van der Waals surface area contributed by atoms with Gasteiger partial charge in [-0.1, -0.05) is 22.0 Å². The Balaban J connectivity index is 1.75. The first-order valence-corrected chi connectivity index (χ1v) is 7.87. The molecule has 4 heteroatoms. The number of hydrogen-bond donors (Lipinski definition) is 1. The van der Waals surface area contributed by atoms with Crippen LogP contribution in [0.4, 0.5) is 4.39 Å². The van der Waals surface area contributed by atoms with Gasteiger partial charge in [0.05, 0.1) is 0 Å². The minimum atomic E-state index is -0.268. The third-order valence-electron chi connectivity index (χ3n) is 3.81. The fourth-order valence-corrected chi connectivity index (χ4v) is 3.28. The van der Waals surface area contributed by atoms with Gasteiger partial charge >= 0.3 is 0 Å². The van der Waals surface area contributed by atoms with Crippen LogP contribution in [-0.2, 0) is 13.0 Å². The van der Waals surface area contributed by atoms with Crippen molar-refractivity contribution in [3.8, 4) is 5.75 Å². The second-order valence-corrected chi connectivity index (χ2v) is 6.34. The van der Waals surface area contributed by atoms with E-state index in [1.165, 1.54) is 23.3 Å². The molecule has 2 nitrogen and oxygen atoms in total. The highest BCUT2D eigenvalue weighted by Gasteiger charge is 2.17. The minimum absolute atomic E-state index is 0.0978. The molecule has 0 bridgehead atoms. The Labute approximate surface area is 132 Å². The van der Waals surface area contributed by atoms with Crippen LogP contribution in [0.3, 0.4) is 0 Å². The predicted octanol–water partition coefficient (Wildman–Crippen LogP) is 4.50. The van der Waals surface area contributed by atoms with E-state index in [4.69, 9.17) is 10.5 Å². The molecule has 1 aliphatic rings. The molecule has 2 aromatic rings. The van der Waals surface area contributed by atoms with Crippen LogP contribution in [0, 0.1) is 5.82 Å². The summed E-state index contributed by atoms with van der Waals surface area (Å²) in [6, 6.07) is 10.9. The van der Waals surface area contributed by atoms with Crippen molar-refractivity contribution in [1.29, 1.82) is 0 Å². The topological polar surface area (TPSA) is 35.2 Å². The quantitative estimate of drug-likeness (QED) is 0.884. The Morgan fingerprint density at radius 3 is 2.90 bits per heavy atom. The molecule has 2 N–H and O–H groups in total. The van der Waals surface area contributed by atoms with Gasteiger partial charge in [-0.25, -0.2) is 4.39 Å². The van der Waals surface area contributed by atoms with Crippen LogP contribution in [-0.4, -0.2) is 0 Å². The van der Waals surface area contributed by atoms with Crippen molar-refractivity contribution in [3.63, 3.8) is 0 Å². The molecule has 0 aromatic heterocycles. The molecule has 2 aromatic carbocycles. The van der Waals surface area contributed by atoms with E-state index in [1.54, 1.807) is 0 Å². The van der Waals surface area contributed by atoms with Crippen molar-refractivity contribution in [3.05, 3.63) is 63.4 Å². The molecule has 21 heavy (non-hydrogen) atoms. The lowest BCUT2D eigenvalue weighted by Crippen LogP contribution is -2.17. The molecule has 0 amide bonds. The average Bonchev–Trinajstić information content (AvgIpc) is 2.45. The second kappa shape index (κ2) is 6.16. The van der Waals surface area contributed by atoms with E-state index in [0.29, 0.717) is 11.1 Å². The lowest BCUT2D eigenvalue weighted by molar-refractivity contribution is 0.304. The zero-order valence-corrected chi connectivity index (χ0v) is 13.2. The first-order valence-electron chi connectivity index (χ1n) is 7.08. The molecular weight excluding hydrogens is 333 g/mol. The maximum Gasteiger partial charge on any atom is 0.124 e. The summed E-state index contributed by atoms with van der Waals surface area (Å²) < 4.78 is 19.8. The average molecular weight is 350 g/mol. The number of fused-ring (bicyclic) bond motifs is 1. The largest absolute Gasteiger partial charge is 0.489 e. The van der Waals surface area contributed by atoms with E-state index in [1.807, 2.05) is 18.2 Å². The zero-order chi connectivity index (χ0) is 14.8. The molecule has 3 rings (SSSR count). The normalized spacial score (nSPS) is 17.4. The van der Waals surface area contributed by atoms with E-state index in [-0.39, 0.29) is 11.9 Å². The van der Waals surface area contributed by atoms with E-state index >= 15 is 0 Å². The lowest BCUT2D eigenvalue weighted by Gasteiger charge is -2.22. The van der Waals surface area contributed by atoms with Crippen LogP contribution in [0.5, 0.6) is 5.75 Å². The summed E-state index contributed by atoms with van der Waals surface area (Å²) in [5.74, 6) is 0.516. The summed E-state index contributed by atoms with van der Waals surface area (Å²) in [7, 11) is 0. The summed E-state index contributed by atoms with van der Waals surface area (Å²) in [5, 5.41) is 0. The molecule has 1 aliphatic carbocycles. The highest BCUT2D eigenvalue weighted by atomic mass is 79.9. The third-order valence-corrected chi connectivity index (χ3v) is 4.26. The van der Waals surface area contributed by atoms with Crippen LogP contribution in [0.15, 0.2) is 40.9 Å². The van der Waals surface area contributed by atoms with Crippen molar-refractivity contribution in [1.82, 2.24) is 0 Å². The third kappa shape index (κ3) is 3.44. The Bertz CT molecular complexity index is 639. The van der Waals surface area contributed by atoms with Gasteiger partial charge in [-0.15, -0.1) is 0 Å². The standard InChI is InChI=1S/C17H17BrFNO/c18-13-6-11(7-14(19)8-13)10-21-15-5-4-12-2-1-3-17(20)16(12)9-15/h4-9,17H,1-3,10,20H2/t17-/m0/s1. The second-order valence-electron chi connectivity index (χ2n) is 5.43. The van der Waals surface area contributed by atoms with Gasteiger partial charge in [-0.2, -0.15) is 0 Å². The Morgan fingerprint density at radius 2 is 2.10 bits per heavy atom. The summed E-state index contributed by atoms with van der Waals surface area (Å²) in [6.07, 6.45) is 3.25. The Morgan fingerprint density at radius 1 is 1.24 bits per heavy atom. The van der Waals surface area contributed by atoms with Gasteiger partial charge in [0.1, 0.15) is 18.2 Å². The SMILES string of the molecule is N[C@H]1CCCc2ccc(OCc3cc(F)cc(Br)c3)cc21. The predicted molar refractivity (Wildman–Crippen MR) is 84.7 cm³/mol. The molecule has 0 unspecified atom stereocenters. The van der Waals surface area contributed by atoms with Crippen molar-refractivity contribution in [2.45, 2.75) is 31.9 Å². The fourth-order valence-electron chi connectivity index (χ4n) is 2.76. The zero-order valence-electron chi connectivity index (χ0n) is 11.6. The van der Waals surface area contributed by atoms with Gasteiger partial charge in [0.2, 0.25) is 0 Å². The Kier molecular flexibility index (Phi) is 4.27. The number of aryl methyl sites for hydroxylation is 1. The van der Waals surface area contributed by atoms with Gasteiger partial charge < -0.3 is 10.5 Å². The van der Waals surface area contributed by atoms with E-state index in [9.17, 15) is 4.39 Å². The van der Waals surface area contributed by atoms with Gasteiger partial charge in [-0.3, -0.25) is 0 Å². The fraction of sp³-hybridized carbons (Fsp3) is 0.294. The molecule has 0 radical (unpaired) electrons. The molecule has 110 valence electrons. The smallest absolute Gasteiger partial charge is 0.124 e. The van der Waals surface area contributed by atoms with Crippen LogP contribution >= 0.6 is 15.9 Å². The number of ether oxygens (including phenoxy) is 1. The first-order chi connectivity index (χ1) is 10.1. The first kappa shape index (κ1) is 14.5. The number of rotatable bonds is 3. The number of halogens is 2. The molecule has 0 fully saturated rings. The summed E-state index contributed by atoms with van der Waals surface area (Å²) >= 11 is 3.28. The summed E-state index contributed by atoms with van der Waals surface area (Å²) in [6.45, 7) is 0.338. The van der Waals surface area contributed by atoms with Crippen LogP contribution < -0.4 is 10.5 Å². The van der Waals surface area contributed by atoms with Gasteiger partial charge in [0.15, 0.2) is 0 Å². The summed E-state index contributed by atoms with van der Waals surface area (Å²) in [5.41, 5.74) is 9.44. The van der Waals surface area contributed by atoms with Crippen molar-refractivity contribution >= 4 is 15.9 Å². The number of hydrogen-bond acceptors (Lipinski definition) is 2. The molecule has 0 aliphatic heterocycles. The lowest BCUT2D eigenvalue weighted by atomic mass is 9.88. The summed E-state index contributed by atoms with van der Waals surface area (Å²) in [4.78, 5) is 0. The Hall–Kier alpha value is -1.39. The van der Waals surface area contributed by atoms with E-state index < -0.39 is 0 Å². The van der Waals surface area contributed by atoms with Crippen LogP contribution in [0.2, 0.25) is 0 Å². The highest BCUT2D eigenvalue weighted by Crippen LogP contribution is 2.31. The maximum absolute atomic E-state index is 13.3. The van der Waals surface area contributed by atoms with Crippen molar-refractivity contribution < 1.29 is 9.13 Å². The van der Waals surface area contributed by atoms with E-state index in [0.717, 1.165) is 30.6 Å². The van der Waals surface area contributed by atoms with Crippen LogP contribution in [0.1, 0.15) is 35.6 Å². The van der Waals surface area contributed by atoms with Gasteiger partial charge in [-0.05, 0) is 66.3 Å². The monoisotopic (exact) mass is 349 g/mol. The number of nitrogens with two attached hydrogens (primary N) is 1. The van der Waals surface area contributed by atoms with Crippen molar-refractivity contribution in [2.75, 3.05) is 0 Å². The highest BCUT2D eigenvalue weighted by molar-refractivity contribution is 9.10. The molecule has 0 spiro atoms. The molecule has 0 saturated carbocycles. The maximum atomic E-state index is 13.3.